The molecule has 2 N–H and O–H groups in total. The number of pyridine rings is 1. The van der Waals surface area contributed by atoms with Gasteiger partial charge in [-0.25, -0.2) is 0 Å². The van der Waals surface area contributed by atoms with Crippen LogP contribution in [0.1, 0.15) is 39.5 Å². The Hall–Kier alpha value is -3.08. The summed E-state index contributed by atoms with van der Waals surface area (Å²) < 4.78 is 5.25. The molecule has 134 valence electrons. The molecule has 0 radical (unpaired) electrons. The number of aromatic nitrogens is 2. The maximum atomic E-state index is 12.6. The number of nitrogens with one attached hydrogen (secondary N) is 2. The number of ether oxygens (including phenoxy) is 1. The standard InChI is InChI=1S/C22H19N3O2/c1-27-13-5-2-11(3-6-13)17-8-15-12(10-23-17)4-7-14-19-21(25-20(14)15)16-9-18(16)24-22(19)26/h2-3,5-6,8,10,16,18,25H,4,7,9H2,1H3,(H,24,26). The van der Waals surface area contributed by atoms with Crippen molar-refractivity contribution in [3.05, 3.63) is 58.9 Å². The largest absolute Gasteiger partial charge is 0.497 e. The van der Waals surface area contributed by atoms with Crippen LogP contribution in [0.5, 0.6) is 5.75 Å². The Balaban J connectivity index is 1.49. The van der Waals surface area contributed by atoms with E-state index in [1.165, 1.54) is 16.7 Å². The van der Waals surface area contributed by atoms with Crippen LogP contribution >= 0.6 is 0 Å². The molecule has 1 amide bonds. The molecule has 6 rings (SSSR count). The topological polar surface area (TPSA) is 67.0 Å². The molecule has 0 spiro atoms. The smallest absolute Gasteiger partial charge is 0.253 e. The van der Waals surface area contributed by atoms with Gasteiger partial charge in [0.2, 0.25) is 0 Å². The van der Waals surface area contributed by atoms with Crippen LogP contribution in [0.25, 0.3) is 22.5 Å². The van der Waals surface area contributed by atoms with E-state index in [0.717, 1.165) is 53.2 Å². The van der Waals surface area contributed by atoms with Crippen LogP contribution in [0.4, 0.5) is 0 Å². The summed E-state index contributed by atoms with van der Waals surface area (Å²) >= 11 is 0. The van der Waals surface area contributed by atoms with Crippen LogP contribution in [-0.2, 0) is 12.8 Å². The Morgan fingerprint density at radius 3 is 2.85 bits per heavy atom. The number of carbonyl (C=O) groups is 1. The van der Waals surface area contributed by atoms with Gasteiger partial charge >= 0.3 is 0 Å². The van der Waals surface area contributed by atoms with E-state index >= 15 is 0 Å². The first kappa shape index (κ1) is 15.0. The lowest BCUT2D eigenvalue weighted by atomic mass is 9.88. The highest BCUT2D eigenvalue weighted by molar-refractivity contribution is 6.02. The second-order valence-electron chi connectivity index (χ2n) is 7.64. The lowest BCUT2D eigenvalue weighted by molar-refractivity contribution is 0.0943. The van der Waals surface area contributed by atoms with Gasteiger partial charge in [0.25, 0.3) is 5.91 Å². The molecule has 1 fully saturated rings. The number of H-pyrrole nitrogens is 1. The molecule has 5 nitrogen and oxygen atoms in total. The molecule has 1 aliphatic heterocycles. The van der Waals surface area contributed by atoms with Crippen molar-refractivity contribution in [1.82, 2.24) is 15.3 Å². The van der Waals surface area contributed by atoms with Crippen molar-refractivity contribution in [1.29, 1.82) is 0 Å². The summed E-state index contributed by atoms with van der Waals surface area (Å²) in [5, 5.41) is 3.13. The van der Waals surface area contributed by atoms with Crippen molar-refractivity contribution < 1.29 is 9.53 Å². The fourth-order valence-electron chi connectivity index (χ4n) is 4.59. The van der Waals surface area contributed by atoms with E-state index in [2.05, 4.69) is 21.4 Å². The van der Waals surface area contributed by atoms with Crippen LogP contribution in [-0.4, -0.2) is 29.0 Å². The Labute approximate surface area is 156 Å². The van der Waals surface area contributed by atoms with Gasteiger partial charge in [0.1, 0.15) is 5.75 Å². The van der Waals surface area contributed by atoms with Crippen LogP contribution in [0.15, 0.2) is 36.5 Å². The van der Waals surface area contributed by atoms with Crippen molar-refractivity contribution in [2.24, 2.45) is 0 Å². The first-order valence-electron chi connectivity index (χ1n) is 9.42. The monoisotopic (exact) mass is 357 g/mol. The van der Waals surface area contributed by atoms with Gasteiger partial charge in [-0.1, -0.05) is 0 Å². The van der Waals surface area contributed by atoms with Crippen LogP contribution in [0, 0.1) is 0 Å². The summed E-state index contributed by atoms with van der Waals surface area (Å²) in [5.74, 6) is 1.39. The molecule has 2 aliphatic carbocycles. The SMILES string of the molecule is COc1ccc(-c2cc3c(cn2)CCc2c-3[nH]c3c2C(=O)NC2CC32)cc1. The molecule has 0 bridgehead atoms. The average molecular weight is 357 g/mol. The van der Waals surface area contributed by atoms with E-state index in [4.69, 9.17) is 4.74 Å². The van der Waals surface area contributed by atoms with Gasteiger partial charge in [-0.15, -0.1) is 0 Å². The Bertz CT molecular complexity index is 1100. The lowest BCUT2D eigenvalue weighted by Gasteiger charge is -2.18. The fourth-order valence-corrected chi connectivity index (χ4v) is 4.59. The number of nitrogens with zero attached hydrogens (tertiary/aromatic N) is 1. The van der Waals surface area contributed by atoms with Gasteiger partial charge in [0, 0.05) is 35.0 Å². The minimum Gasteiger partial charge on any atom is -0.497 e. The van der Waals surface area contributed by atoms with E-state index < -0.39 is 0 Å². The second-order valence-corrected chi connectivity index (χ2v) is 7.64. The highest BCUT2D eigenvalue weighted by atomic mass is 16.5. The second kappa shape index (κ2) is 5.22. The number of amides is 1. The molecule has 5 heteroatoms. The lowest BCUT2D eigenvalue weighted by Crippen LogP contribution is -2.31. The van der Waals surface area contributed by atoms with Crippen LogP contribution in [0.3, 0.4) is 0 Å². The number of aryl methyl sites for hydroxylation is 1. The zero-order valence-electron chi connectivity index (χ0n) is 15.0. The minimum atomic E-state index is 0.0918. The molecule has 2 unspecified atom stereocenters. The normalized spacial score (nSPS) is 21.4. The van der Waals surface area contributed by atoms with E-state index in [0.29, 0.717) is 12.0 Å². The first-order chi connectivity index (χ1) is 13.2. The van der Waals surface area contributed by atoms with Gasteiger partial charge in [0.05, 0.1) is 24.1 Å². The summed E-state index contributed by atoms with van der Waals surface area (Å²) in [4.78, 5) is 20.9. The van der Waals surface area contributed by atoms with E-state index in [9.17, 15) is 4.79 Å². The zero-order valence-corrected chi connectivity index (χ0v) is 15.0. The molecule has 27 heavy (non-hydrogen) atoms. The summed E-state index contributed by atoms with van der Waals surface area (Å²) in [6, 6.07) is 10.4. The number of fused-ring (bicyclic) bond motifs is 7. The van der Waals surface area contributed by atoms with E-state index in [-0.39, 0.29) is 5.91 Å². The van der Waals surface area contributed by atoms with E-state index in [1.54, 1.807) is 7.11 Å². The molecular weight excluding hydrogens is 338 g/mol. The number of hydrogen-bond donors (Lipinski definition) is 2. The third-order valence-electron chi connectivity index (χ3n) is 6.12. The third-order valence-corrected chi connectivity index (χ3v) is 6.12. The first-order valence-corrected chi connectivity index (χ1v) is 9.42. The van der Waals surface area contributed by atoms with Crippen molar-refractivity contribution >= 4 is 5.91 Å². The van der Waals surface area contributed by atoms with Gasteiger partial charge in [0.15, 0.2) is 0 Å². The average Bonchev–Trinajstić information content (AvgIpc) is 3.36. The number of benzene rings is 1. The van der Waals surface area contributed by atoms with Crippen LogP contribution in [0.2, 0.25) is 0 Å². The highest BCUT2D eigenvalue weighted by Gasteiger charge is 2.48. The number of carbonyl (C=O) groups excluding carboxylic acids is 1. The zero-order chi connectivity index (χ0) is 18.1. The van der Waals surface area contributed by atoms with Crippen molar-refractivity contribution in [2.75, 3.05) is 7.11 Å². The molecule has 3 heterocycles. The molecule has 1 saturated carbocycles. The van der Waals surface area contributed by atoms with Crippen LogP contribution < -0.4 is 10.1 Å². The molecule has 3 aromatic rings. The Kier molecular flexibility index (Phi) is 2.91. The number of aromatic amines is 1. The Morgan fingerprint density at radius 2 is 2.04 bits per heavy atom. The minimum absolute atomic E-state index is 0.0918. The number of methoxy groups -OCH3 is 1. The third kappa shape index (κ3) is 2.11. The predicted molar refractivity (Wildman–Crippen MR) is 102 cm³/mol. The molecule has 1 aromatic carbocycles. The number of rotatable bonds is 2. The van der Waals surface area contributed by atoms with Gasteiger partial charge in [-0.3, -0.25) is 9.78 Å². The van der Waals surface area contributed by atoms with E-state index in [1.807, 2.05) is 30.5 Å². The maximum Gasteiger partial charge on any atom is 0.253 e. The van der Waals surface area contributed by atoms with Crippen molar-refractivity contribution in [3.63, 3.8) is 0 Å². The van der Waals surface area contributed by atoms with Gasteiger partial charge < -0.3 is 15.0 Å². The maximum absolute atomic E-state index is 12.6. The summed E-state index contributed by atoms with van der Waals surface area (Å²) in [6.07, 6.45) is 4.85. The molecule has 0 saturated heterocycles. The summed E-state index contributed by atoms with van der Waals surface area (Å²) in [5.41, 5.74) is 8.74. The molecular formula is C22H19N3O2. The summed E-state index contributed by atoms with van der Waals surface area (Å²) in [7, 11) is 1.67. The van der Waals surface area contributed by atoms with Gasteiger partial charge in [-0.2, -0.15) is 0 Å². The predicted octanol–water partition coefficient (Wildman–Crippen LogP) is 3.45. The van der Waals surface area contributed by atoms with Crippen molar-refractivity contribution in [3.8, 4) is 28.3 Å². The van der Waals surface area contributed by atoms with Gasteiger partial charge in [-0.05, 0) is 60.7 Å². The molecule has 2 atom stereocenters. The highest BCUT2D eigenvalue weighted by Crippen LogP contribution is 2.49. The molecule has 2 aromatic heterocycles. The van der Waals surface area contributed by atoms with Crippen molar-refractivity contribution in [2.45, 2.75) is 31.2 Å². The Morgan fingerprint density at radius 1 is 1.19 bits per heavy atom. The summed E-state index contributed by atoms with van der Waals surface area (Å²) in [6.45, 7) is 0. The molecule has 3 aliphatic rings. The fraction of sp³-hybridized carbons (Fsp3) is 0.273. The number of hydrogen-bond acceptors (Lipinski definition) is 3. The quantitative estimate of drug-likeness (QED) is 0.738.